The number of ketones is 1. The molecule has 0 aromatic carbocycles. The van der Waals surface area contributed by atoms with E-state index in [4.69, 9.17) is 5.53 Å². The molecule has 0 spiro atoms. The van der Waals surface area contributed by atoms with E-state index in [-0.39, 0.29) is 5.78 Å². The number of hydrogen-bond donors (Lipinski definition) is 0. The first-order chi connectivity index (χ1) is 4.84. The van der Waals surface area contributed by atoms with Crippen LogP contribution in [-0.4, -0.2) is 21.8 Å². The Hall–Kier alpha value is -1.32. The Morgan fingerprint density at radius 1 is 1.90 bits per heavy atom. The highest BCUT2D eigenvalue weighted by atomic mass is 32.1. The van der Waals surface area contributed by atoms with Crippen molar-refractivity contribution in [1.82, 2.24) is 4.98 Å². The number of rotatable bonds is 2. The van der Waals surface area contributed by atoms with Gasteiger partial charge in [-0.15, -0.1) is 11.3 Å². The molecule has 1 heterocycles. The van der Waals surface area contributed by atoms with Gasteiger partial charge in [0.2, 0.25) is 0 Å². The van der Waals surface area contributed by atoms with Gasteiger partial charge in [-0.05, 0) is 0 Å². The molecule has 50 valence electrons. The summed E-state index contributed by atoms with van der Waals surface area (Å²) in [7, 11) is 0. The minimum atomic E-state index is -0.385. The van der Waals surface area contributed by atoms with Gasteiger partial charge in [-0.3, -0.25) is 4.79 Å². The summed E-state index contributed by atoms with van der Waals surface area (Å²) in [5, 5.41) is 1.59. The maximum atomic E-state index is 10.7. The molecule has 0 saturated heterocycles. The molecular formula is C5H3N3OS. The van der Waals surface area contributed by atoms with Crippen molar-refractivity contribution < 1.29 is 9.58 Å². The Bertz CT molecular complexity index is 273. The summed E-state index contributed by atoms with van der Waals surface area (Å²) in [5.41, 5.74) is 9.81. The van der Waals surface area contributed by atoms with Crippen molar-refractivity contribution in [3.05, 3.63) is 22.1 Å². The molecule has 0 unspecified atom stereocenters. The van der Waals surface area contributed by atoms with Gasteiger partial charge in [0, 0.05) is 5.38 Å². The maximum Gasteiger partial charge on any atom is 0.329 e. The number of aromatic nitrogens is 1. The number of hydrogen-bond acceptors (Lipinski definition) is 3. The van der Waals surface area contributed by atoms with Crippen molar-refractivity contribution in [1.29, 1.82) is 0 Å². The third kappa shape index (κ3) is 1.34. The maximum absolute atomic E-state index is 10.7. The van der Waals surface area contributed by atoms with Gasteiger partial charge in [0.25, 0.3) is 5.78 Å². The lowest BCUT2D eigenvalue weighted by atomic mass is 10.3. The summed E-state index contributed by atoms with van der Waals surface area (Å²) in [5.74, 6) is -0.385. The lowest BCUT2D eigenvalue weighted by Crippen LogP contribution is -2.00. The molecule has 0 aliphatic carbocycles. The third-order valence-corrected chi connectivity index (χ3v) is 1.45. The van der Waals surface area contributed by atoms with E-state index in [0.29, 0.717) is 5.69 Å². The van der Waals surface area contributed by atoms with Crippen molar-refractivity contribution in [2.75, 3.05) is 0 Å². The highest BCUT2D eigenvalue weighted by molar-refractivity contribution is 7.07. The summed E-state index contributed by atoms with van der Waals surface area (Å²) in [6.45, 7) is 0. The van der Waals surface area contributed by atoms with E-state index >= 15 is 0 Å². The summed E-state index contributed by atoms with van der Waals surface area (Å²) in [4.78, 5) is 17.0. The molecule has 0 saturated carbocycles. The zero-order valence-corrected chi connectivity index (χ0v) is 5.71. The molecule has 4 nitrogen and oxygen atoms in total. The molecule has 0 amide bonds. The smallest absolute Gasteiger partial charge is 0.329 e. The van der Waals surface area contributed by atoms with Crippen molar-refractivity contribution in [3.8, 4) is 0 Å². The Balaban J connectivity index is 2.87. The number of carbonyl (C=O) groups is 1. The van der Waals surface area contributed by atoms with Crippen LogP contribution < -0.4 is 0 Å². The van der Waals surface area contributed by atoms with Crippen LogP contribution in [0.3, 0.4) is 0 Å². The summed E-state index contributed by atoms with van der Waals surface area (Å²) < 4.78 is 0. The number of nitrogens with zero attached hydrogens (tertiary/aromatic N) is 3. The van der Waals surface area contributed by atoms with Crippen LogP contribution in [-0.2, 0) is 0 Å². The van der Waals surface area contributed by atoms with E-state index in [1.165, 1.54) is 11.3 Å². The van der Waals surface area contributed by atoms with E-state index < -0.39 is 0 Å². The third-order valence-electron chi connectivity index (χ3n) is 0.860. The summed E-state index contributed by atoms with van der Waals surface area (Å²) in [6, 6.07) is 0. The van der Waals surface area contributed by atoms with Crippen molar-refractivity contribution in [3.63, 3.8) is 0 Å². The standard InChI is InChI=1S/C5H3N3OS/c6-8-1-5(9)4-2-10-3-7-4/h1-3H. The molecule has 0 bridgehead atoms. The average Bonchev–Trinajstić information content (AvgIpc) is 2.38. The minimum Gasteiger partial charge on any atom is -0.361 e. The van der Waals surface area contributed by atoms with E-state index in [9.17, 15) is 4.79 Å². The first kappa shape index (κ1) is 6.80. The largest absolute Gasteiger partial charge is 0.361 e. The lowest BCUT2D eigenvalue weighted by molar-refractivity contribution is 0.00230. The molecule has 0 atom stereocenters. The van der Waals surface area contributed by atoms with Crippen molar-refractivity contribution in [2.45, 2.75) is 0 Å². The van der Waals surface area contributed by atoms with Crippen molar-refractivity contribution >= 4 is 23.3 Å². The number of carbonyl (C=O) groups excluding carboxylic acids is 1. The normalized spacial score (nSPS) is 8.40. The fourth-order valence-electron chi connectivity index (χ4n) is 0.453. The van der Waals surface area contributed by atoms with Gasteiger partial charge in [0.05, 0.1) is 5.51 Å². The molecule has 0 radical (unpaired) electrons. The van der Waals surface area contributed by atoms with Crippen LogP contribution in [0.5, 0.6) is 0 Å². The van der Waals surface area contributed by atoms with E-state index in [0.717, 1.165) is 6.21 Å². The minimum absolute atomic E-state index is 0.308. The van der Waals surface area contributed by atoms with Gasteiger partial charge >= 0.3 is 6.21 Å². The topological polar surface area (TPSA) is 66.4 Å². The fraction of sp³-hybridized carbons (Fsp3) is 0. The summed E-state index contributed by atoms with van der Waals surface area (Å²) in [6.07, 6.45) is 0.815. The van der Waals surface area contributed by atoms with Crippen LogP contribution in [0.4, 0.5) is 0 Å². The van der Waals surface area contributed by atoms with Crippen LogP contribution in [0.15, 0.2) is 10.9 Å². The Morgan fingerprint density at radius 2 is 2.70 bits per heavy atom. The number of Topliss-reactive ketones (excluding diaryl/α,β-unsaturated/α-hetero) is 1. The van der Waals surface area contributed by atoms with Crippen molar-refractivity contribution in [2.24, 2.45) is 0 Å². The first-order valence-corrected chi connectivity index (χ1v) is 3.39. The van der Waals surface area contributed by atoms with Gasteiger partial charge in [-0.25, -0.2) is 4.98 Å². The van der Waals surface area contributed by atoms with Gasteiger partial charge in [0.1, 0.15) is 5.69 Å². The molecule has 0 N–H and O–H groups in total. The Labute approximate surface area is 60.8 Å². The SMILES string of the molecule is [N-]=[N+]=CC(=O)c1cscn1. The molecule has 1 aromatic heterocycles. The summed E-state index contributed by atoms with van der Waals surface area (Å²) >= 11 is 1.32. The van der Waals surface area contributed by atoms with Crippen LogP contribution in [0.25, 0.3) is 5.53 Å². The van der Waals surface area contributed by atoms with Crippen LogP contribution in [0.1, 0.15) is 10.5 Å². The highest BCUT2D eigenvalue weighted by Gasteiger charge is 2.07. The second kappa shape index (κ2) is 3.00. The molecule has 0 aliphatic heterocycles. The quantitative estimate of drug-likeness (QED) is 0.270. The molecular weight excluding hydrogens is 150 g/mol. The predicted octanol–water partition coefficient (Wildman–Crippen LogP) is 0.626. The molecule has 0 aliphatic rings. The molecule has 1 aromatic rings. The highest BCUT2D eigenvalue weighted by Crippen LogP contribution is 1.99. The monoisotopic (exact) mass is 153 g/mol. The Morgan fingerprint density at radius 3 is 3.20 bits per heavy atom. The number of thiazole rings is 1. The zero-order chi connectivity index (χ0) is 7.40. The van der Waals surface area contributed by atoms with Crippen LogP contribution >= 0.6 is 11.3 Å². The predicted molar refractivity (Wildman–Crippen MR) is 36.1 cm³/mol. The fourth-order valence-corrected chi connectivity index (χ4v) is 0.994. The second-order valence-electron chi connectivity index (χ2n) is 1.48. The van der Waals surface area contributed by atoms with Gasteiger partial charge < -0.3 is 5.53 Å². The van der Waals surface area contributed by atoms with Gasteiger partial charge in [-0.2, -0.15) is 4.79 Å². The van der Waals surface area contributed by atoms with Crippen LogP contribution in [0, 0.1) is 0 Å². The van der Waals surface area contributed by atoms with E-state index in [2.05, 4.69) is 9.77 Å². The van der Waals surface area contributed by atoms with Gasteiger partial charge in [0.15, 0.2) is 0 Å². The van der Waals surface area contributed by atoms with E-state index in [1.54, 1.807) is 10.9 Å². The van der Waals surface area contributed by atoms with Gasteiger partial charge in [-0.1, -0.05) is 0 Å². The van der Waals surface area contributed by atoms with E-state index in [1.807, 2.05) is 0 Å². The average molecular weight is 153 g/mol. The van der Waals surface area contributed by atoms with Crippen LogP contribution in [0.2, 0.25) is 0 Å². The first-order valence-electron chi connectivity index (χ1n) is 2.44. The molecule has 1 rings (SSSR count). The molecule has 5 heteroatoms. The zero-order valence-electron chi connectivity index (χ0n) is 4.89. The Kier molecular flexibility index (Phi) is 2.04. The molecule has 10 heavy (non-hydrogen) atoms. The second-order valence-corrected chi connectivity index (χ2v) is 2.20. The lowest BCUT2D eigenvalue weighted by Gasteiger charge is -1.75. The molecule has 0 fully saturated rings.